The molecule has 96 valence electrons. The zero-order valence-corrected chi connectivity index (χ0v) is 10.3. The van der Waals surface area contributed by atoms with Crippen LogP contribution in [0.3, 0.4) is 0 Å². The van der Waals surface area contributed by atoms with Gasteiger partial charge in [-0.1, -0.05) is 30.3 Å². The van der Waals surface area contributed by atoms with Crippen LogP contribution >= 0.6 is 0 Å². The molecule has 1 amide bonds. The summed E-state index contributed by atoms with van der Waals surface area (Å²) < 4.78 is 5.03. The Labute approximate surface area is 110 Å². The summed E-state index contributed by atoms with van der Waals surface area (Å²) >= 11 is 0. The van der Waals surface area contributed by atoms with Gasteiger partial charge in [0.2, 0.25) is 0 Å². The SMILES string of the molecule is Cc1[nH]nc(NC(=O)OCc2ccccc2)c1C#N. The van der Waals surface area contributed by atoms with Crippen molar-refractivity contribution in [1.29, 1.82) is 5.26 Å². The van der Waals surface area contributed by atoms with Crippen LogP contribution in [0.1, 0.15) is 16.8 Å². The largest absolute Gasteiger partial charge is 0.444 e. The molecule has 0 saturated carbocycles. The summed E-state index contributed by atoms with van der Waals surface area (Å²) in [5, 5.41) is 17.8. The minimum atomic E-state index is -0.646. The van der Waals surface area contributed by atoms with Crippen molar-refractivity contribution >= 4 is 11.9 Å². The summed E-state index contributed by atoms with van der Waals surface area (Å²) in [4.78, 5) is 11.6. The normalized spacial score (nSPS) is 9.68. The van der Waals surface area contributed by atoms with Gasteiger partial charge in [0.1, 0.15) is 18.2 Å². The Kier molecular flexibility index (Phi) is 3.78. The highest BCUT2D eigenvalue weighted by molar-refractivity contribution is 5.85. The number of nitrogens with zero attached hydrogens (tertiary/aromatic N) is 2. The second-order valence-corrected chi connectivity index (χ2v) is 3.87. The fourth-order valence-corrected chi connectivity index (χ4v) is 1.51. The van der Waals surface area contributed by atoms with Gasteiger partial charge in [0.25, 0.3) is 0 Å². The van der Waals surface area contributed by atoms with Crippen molar-refractivity contribution in [3.8, 4) is 6.07 Å². The average Bonchev–Trinajstić information content (AvgIpc) is 2.78. The van der Waals surface area contributed by atoms with Crippen LogP contribution in [0.5, 0.6) is 0 Å². The number of anilines is 1. The van der Waals surface area contributed by atoms with E-state index in [0.717, 1.165) is 5.56 Å². The van der Waals surface area contributed by atoms with Crippen LogP contribution in [0.15, 0.2) is 30.3 Å². The first-order valence-electron chi connectivity index (χ1n) is 5.63. The van der Waals surface area contributed by atoms with Gasteiger partial charge in [-0.3, -0.25) is 10.4 Å². The smallest absolute Gasteiger partial charge is 0.413 e. The van der Waals surface area contributed by atoms with E-state index < -0.39 is 6.09 Å². The van der Waals surface area contributed by atoms with E-state index in [1.165, 1.54) is 0 Å². The van der Waals surface area contributed by atoms with Crippen LogP contribution < -0.4 is 5.32 Å². The number of nitrogens with one attached hydrogen (secondary N) is 2. The Balaban J connectivity index is 1.93. The summed E-state index contributed by atoms with van der Waals surface area (Å²) in [6.45, 7) is 1.87. The molecule has 0 aliphatic rings. The van der Waals surface area contributed by atoms with E-state index in [9.17, 15) is 4.79 Å². The molecule has 0 saturated heterocycles. The number of carbonyl (C=O) groups excluding carboxylic acids is 1. The Morgan fingerprint density at radius 2 is 2.21 bits per heavy atom. The molecule has 0 aliphatic carbocycles. The van der Waals surface area contributed by atoms with Gasteiger partial charge >= 0.3 is 6.09 Å². The number of rotatable bonds is 3. The van der Waals surface area contributed by atoms with E-state index in [1.54, 1.807) is 6.92 Å². The summed E-state index contributed by atoms with van der Waals surface area (Å²) in [6.07, 6.45) is -0.646. The highest BCUT2D eigenvalue weighted by Gasteiger charge is 2.13. The number of H-pyrrole nitrogens is 1. The van der Waals surface area contributed by atoms with Crippen molar-refractivity contribution < 1.29 is 9.53 Å². The molecule has 0 bridgehead atoms. The molecule has 0 radical (unpaired) electrons. The van der Waals surface area contributed by atoms with E-state index in [-0.39, 0.29) is 12.4 Å². The van der Waals surface area contributed by atoms with Gasteiger partial charge in [0.15, 0.2) is 5.82 Å². The van der Waals surface area contributed by atoms with Crippen LogP contribution in [0.2, 0.25) is 0 Å². The first-order valence-corrected chi connectivity index (χ1v) is 5.63. The van der Waals surface area contributed by atoms with Gasteiger partial charge in [-0.25, -0.2) is 4.79 Å². The molecule has 1 aromatic carbocycles. The Morgan fingerprint density at radius 3 is 2.89 bits per heavy atom. The topological polar surface area (TPSA) is 90.8 Å². The number of ether oxygens (including phenoxy) is 1. The van der Waals surface area contributed by atoms with E-state index in [2.05, 4.69) is 15.5 Å². The van der Waals surface area contributed by atoms with Gasteiger partial charge in [0.05, 0.1) is 5.69 Å². The molecule has 0 unspecified atom stereocenters. The van der Waals surface area contributed by atoms with Crippen LogP contribution in [0.4, 0.5) is 10.6 Å². The summed E-state index contributed by atoms with van der Waals surface area (Å²) in [6, 6.07) is 11.3. The van der Waals surface area contributed by atoms with Crippen molar-refractivity contribution in [2.24, 2.45) is 0 Å². The molecular weight excluding hydrogens is 244 g/mol. The lowest BCUT2D eigenvalue weighted by atomic mass is 10.2. The van der Waals surface area contributed by atoms with Gasteiger partial charge in [-0.15, -0.1) is 0 Å². The van der Waals surface area contributed by atoms with Crippen LogP contribution in [0, 0.1) is 18.3 Å². The maximum atomic E-state index is 11.6. The third-order valence-corrected chi connectivity index (χ3v) is 2.49. The number of aromatic amines is 1. The van der Waals surface area contributed by atoms with E-state index >= 15 is 0 Å². The van der Waals surface area contributed by atoms with Crippen molar-refractivity contribution in [1.82, 2.24) is 10.2 Å². The molecule has 2 aromatic rings. The zero-order chi connectivity index (χ0) is 13.7. The first-order chi connectivity index (χ1) is 9.20. The van der Waals surface area contributed by atoms with Crippen LogP contribution in [-0.4, -0.2) is 16.3 Å². The molecule has 6 nitrogen and oxygen atoms in total. The van der Waals surface area contributed by atoms with Gasteiger partial charge in [-0.05, 0) is 12.5 Å². The number of hydrogen-bond acceptors (Lipinski definition) is 4. The average molecular weight is 256 g/mol. The molecule has 19 heavy (non-hydrogen) atoms. The van der Waals surface area contributed by atoms with Gasteiger partial charge < -0.3 is 4.74 Å². The fourth-order valence-electron chi connectivity index (χ4n) is 1.51. The van der Waals surface area contributed by atoms with Gasteiger partial charge in [-0.2, -0.15) is 10.4 Å². The lowest BCUT2D eigenvalue weighted by Crippen LogP contribution is -2.14. The maximum Gasteiger partial charge on any atom is 0.413 e. The monoisotopic (exact) mass is 256 g/mol. The molecule has 0 spiro atoms. The second kappa shape index (κ2) is 5.69. The molecule has 6 heteroatoms. The van der Waals surface area contributed by atoms with Crippen LogP contribution in [0.25, 0.3) is 0 Å². The van der Waals surface area contributed by atoms with Crippen molar-refractivity contribution in [3.63, 3.8) is 0 Å². The molecule has 0 fully saturated rings. The standard InChI is InChI=1S/C13H12N4O2/c1-9-11(7-14)12(17-16-9)15-13(18)19-8-10-5-3-2-4-6-10/h2-6H,8H2,1H3,(H2,15,16,17,18). The Bertz CT molecular complexity index is 613. The number of aromatic nitrogens is 2. The summed E-state index contributed by atoms with van der Waals surface area (Å²) in [5.74, 6) is 0.179. The third kappa shape index (κ3) is 3.10. The number of amides is 1. The number of nitriles is 1. The molecule has 0 aliphatic heterocycles. The third-order valence-electron chi connectivity index (χ3n) is 2.49. The molecular formula is C13H12N4O2. The van der Waals surface area contributed by atoms with Gasteiger partial charge in [0, 0.05) is 0 Å². The molecule has 1 aromatic heterocycles. The second-order valence-electron chi connectivity index (χ2n) is 3.87. The predicted octanol–water partition coefficient (Wildman–Crippen LogP) is 2.34. The zero-order valence-electron chi connectivity index (χ0n) is 10.3. The lowest BCUT2D eigenvalue weighted by molar-refractivity contribution is 0.155. The minimum absolute atomic E-state index is 0.165. The number of hydrogen-bond donors (Lipinski definition) is 2. The highest BCUT2D eigenvalue weighted by atomic mass is 16.5. The van der Waals surface area contributed by atoms with E-state index in [1.807, 2.05) is 36.4 Å². The number of benzene rings is 1. The summed E-state index contributed by atoms with van der Waals surface area (Å²) in [7, 11) is 0. The van der Waals surface area contributed by atoms with Crippen molar-refractivity contribution in [3.05, 3.63) is 47.2 Å². The van der Waals surface area contributed by atoms with Crippen LogP contribution in [-0.2, 0) is 11.3 Å². The van der Waals surface area contributed by atoms with E-state index in [4.69, 9.17) is 10.00 Å². The quantitative estimate of drug-likeness (QED) is 0.881. The fraction of sp³-hybridized carbons (Fsp3) is 0.154. The Morgan fingerprint density at radius 1 is 1.47 bits per heavy atom. The van der Waals surface area contributed by atoms with Crippen molar-refractivity contribution in [2.45, 2.75) is 13.5 Å². The predicted molar refractivity (Wildman–Crippen MR) is 68.3 cm³/mol. The van der Waals surface area contributed by atoms with E-state index in [0.29, 0.717) is 11.3 Å². The lowest BCUT2D eigenvalue weighted by Gasteiger charge is -2.05. The molecule has 2 rings (SSSR count). The minimum Gasteiger partial charge on any atom is -0.444 e. The molecule has 0 atom stereocenters. The van der Waals surface area contributed by atoms with Crippen molar-refractivity contribution in [2.75, 3.05) is 5.32 Å². The Hall–Kier alpha value is -2.81. The molecule has 1 heterocycles. The summed E-state index contributed by atoms with van der Waals surface area (Å²) in [5.41, 5.74) is 1.79. The number of carbonyl (C=O) groups is 1. The highest BCUT2D eigenvalue weighted by Crippen LogP contribution is 2.14. The molecule has 2 N–H and O–H groups in total. The number of aryl methyl sites for hydroxylation is 1. The maximum absolute atomic E-state index is 11.6. The first kappa shape index (κ1) is 12.6.